The molecule has 0 unspecified atom stereocenters. The number of rotatable bonds is 6. The molecule has 1 aliphatic heterocycles. The third kappa shape index (κ3) is 4.92. The van der Waals surface area contributed by atoms with Crippen LogP contribution in [0.4, 0.5) is 0 Å². The number of ether oxygens (including phenoxy) is 1. The van der Waals surface area contributed by atoms with Crippen LogP contribution in [0.5, 0.6) is 5.75 Å². The average Bonchev–Trinajstić information content (AvgIpc) is 3.13. The van der Waals surface area contributed by atoms with E-state index in [1.807, 2.05) is 29.2 Å². The molecule has 1 aliphatic rings. The van der Waals surface area contributed by atoms with Crippen LogP contribution in [0.3, 0.4) is 0 Å². The number of halogens is 1. The van der Waals surface area contributed by atoms with E-state index in [1.54, 1.807) is 5.38 Å². The lowest BCUT2D eigenvalue weighted by atomic mass is 10.3. The second-order valence-corrected chi connectivity index (χ2v) is 7.15. The predicted octanol–water partition coefficient (Wildman–Crippen LogP) is 2.09. The Bertz CT molecular complexity index is 699. The summed E-state index contributed by atoms with van der Waals surface area (Å²) in [7, 11) is 0. The van der Waals surface area contributed by atoms with Crippen LogP contribution < -0.4 is 10.5 Å². The Labute approximate surface area is 156 Å². The smallest absolute Gasteiger partial charge is 0.273 e. The molecule has 0 spiro atoms. The van der Waals surface area contributed by atoms with Gasteiger partial charge >= 0.3 is 0 Å². The number of nitrogens with zero attached hydrogens (tertiary/aromatic N) is 3. The van der Waals surface area contributed by atoms with Crippen molar-refractivity contribution in [3.05, 3.63) is 45.4 Å². The Morgan fingerprint density at radius 1 is 1.24 bits per heavy atom. The standard InChI is InChI=1S/C17H21ClN4O2S/c18-13-1-3-14(4-2-13)24-10-9-21-5-7-22(8-6-21)17(23)15-12-25-16(11-19)20-15/h1-4,12H,5-11,19H2. The molecule has 0 aliphatic carbocycles. The highest BCUT2D eigenvalue weighted by Gasteiger charge is 2.23. The fourth-order valence-electron chi connectivity index (χ4n) is 2.66. The number of thiazole rings is 1. The number of hydrogen-bond acceptors (Lipinski definition) is 6. The van der Waals surface area contributed by atoms with Crippen molar-refractivity contribution < 1.29 is 9.53 Å². The van der Waals surface area contributed by atoms with Gasteiger partial charge in [0.15, 0.2) is 0 Å². The summed E-state index contributed by atoms with van der Waals surface area (Å²) in [6, 6.07) is 7.36. The Hall–Kier alpha value is -1.67. The maximum Gasteiger partial charge on any atom is 0.273 e. The number of amides is 1. The third-order valence-corrected chi connectivity index (χ3v) is 5.22. The van der Waals surface area contributed by atoms with E-state index in [4.69, 9.17) is 22.1 Å². The van der Waals surface area contributed by atoms with E-state index in [9.17, 15) is 4.79 Å². The number of benzene rings is 1. The van der Waals surface area contributed by atoms with E-state index >= 15 is 0 Å². The van der Waals surface area contributed by atoms with Crippen LogP contribution in [0, 0.1) is 0 Å². The first-order chi connectivity index (χ1) is 12.2. The molecular formula is C17H21ClN4O2S. The molecule has 1 aromatic heterocycles. The van der Waals surface area contributed by atoms with Crippen LogP contribution in [0.15, 0.2) is 29.6 Å². The quantitative estimate of drug-likeness (QED) is 0.830. The van der Waals surface area contributed by atoms with Crippen molar-refractivity contribution >= 4 is 28.8 Å². The largest absolute Gasteiger partial charge is 0.492 e. The van der Waals surface area contributed by atoms with Crippen molar-refractivity contribution in [2.24, 2.45) is 5.73 Å². The van der Waals surface area contributed by atoms with E-state index in [2.05, 4.69) is 9.88 Å². The normalized spacial score (nSPS) is 15.4. The maximum absolute atomic E-state index is 12.4. The van der Waals surface area contributed by atoms with Gasteiger partial charge < -0.3 is 15.4 Å². The zero-order chi connectivity index (χ0) is 17.6. The second-order valence-electron chi connectivity index (χ2n) is 5.77. The SMILES string of the molecule is NCc1nc(C(=O)N2CCN(CCOc3ccc(Cl)cc3)CC2)cs1. The van der Waals surface area contributed by atoms with Crippen molar-refractivity contribution in [3.63, 3.8) is 0 Å². The first-order valence-corrected chi connectivity index (χ1v) is 9.46. The van der Waals surface area contributed by atoms with E-state index in [0.29, 0.717) is 37.0 Å². The van der Waals surface area contributed by atoms with E-state index in [1.165, 1.54) is 11.3 Å². The van der Waals surface area contributed by atoms with Gasteiger partial charge in [0.05, 0.1) is 0 Å². The van der Waals surface area contributed by atoms with Crippen LogP contribution in [0.2, 0.25) is 5.02 Å². The highest BCUT2D eigenvalue weighted by atomic mass is 35.5. The molecule has 0 atom stereocenters. The molecule has 0 bridgehead atoms. The van der Waals surface area contributed by atoms with Gasteiger partial charge in [0.1, 0.15) is 23.1 Å². The molecule has 1 saturated heterocycles. The van der Waals surface area contributed by atoms with Crippen molar-refractivity contribution in [1.29, 1.82) is 0 Å². The number of aromatic nitrogens is 1. The Kier molecular flexibility index (Phi) is 6.25. The summed E-state index contributed by atoms with van der Waals surface area (Å²) < 4.78 is 5.72. The molecule has 1 aromatic carbocycles. The molecular weight excluding hydrogens is 360 g/mol. The summed E-state index contributed by atoms with van der Waals surface area (Å²) in [6.07, 6.45) is 0. The third-order valence-electron chi connectivity index (χ3n) is 4.09. The zero-order valence-electron chi connectivity index (χ0n) is 13.9. The molecule has 2 heterocycles. The molecule has 25 heavy (non-hydrogen) atoms. The fourth-order valence-corrected chi connectivity index (χ4v) is 3.44. The Morgan fingerprint density at radius 3 is 2.60 bits per heavy atom. The lowest BCUT2D eigenvalue weighted by Gasteiger charge is -2.34. The summed E-state index contributed by atoms with van der Waals surface area (Å²) in [6.45, 7) is 4.90. The van der Waals surface area contributed by atoms with Gasteiger partial charge in [-0.05, 0) is 24.3 Å². The van der Waals surface area contributed by atoms with Crippen molar-refractivity contribution in [2.75, 3.05) is 39.3 Å². The molecule has 134 valence electrons. The first kappa shape index (κ1) is 18.1. The Morgan fingerprint density at radius 2 is 1.96 bits per heavy atom. The first-order valence-electron chi connectivity index (χ1n) is 8.20. The lowest BCUT2D eigenvalue weighted by Crippen LogP contribution is -2.49. The monoisotopic (exact) mass is 380 g/mol. The summed E-state index contributed by atoms with van der Waals surface area (Å²) >= 11 is 7.29. The van der Waals surface area contributed by atoms with Crippen LogP contribution >= 0.6 is 22.9 Å². The molecule has 2 N–H and O–H groups in total. The molecule has 0 saturated carbocycles. The number of carbonyl (C=O) groups is 1. The summed E-state index contributed by atoms with van der Waals surface area (Å²) in [5.41, 5.74) is 6.06. The number of nitrogens with two attached hydrogens (primary N) is 1. The molecule has 6 nitrogen and oxygen atoms in total. The fraction of sp³-hybridized carbons (Fsp3) is 0.412. The molecule has 1 fully saturated rings. The summed E-state index contributed by atoms with van der Waals surface area (Å²) in [4.78, 5) is 20.9. The van der Waals surface area contributed by atoms with Gasteiger partial charge in [0.25, 0.3) is 5.91 Å². The van der Waals surface area contributed by atoms with Crippen LogP contribution in [0.1, 0.15) is 15.5 Å². The molecule has 1 amide bonds. The van der Waals surface area contributed by atoms with E-state index < -0.39 is 0 Å². The number of hydrogen-bond donors (Lipinski definition) is 1. The average molecular weight is 381 g/mol. The topological polar surface area (TPSA) is 71.7 Å². The summed E-state index contributed by atoms with van der Waals surface area (Å²) in [5.74, 6) is 0.811. The van der Waals surface area contributed by atoms with Gasteiger partial charge in [0.2, 0.25) is 0 Å². The molecule has 2 aromatic rings. The molecule has 8 heteroatoms. The van der Waals surface area contributed by atoms with Crippen LogP contribution in [-0.2, 0) is 6.54 Å². The highest BCUT2D eigenvalue weighted by Crippen LogP contribution is 2.16. The van der Waals surface area contributed by atoms with Crippen LogP contribution in [0.25, 0.3) is 0 Å². The van der Waals surface area contributed by atoms with Gasteiger partial charge in [-0.1, -0.05) is 11.6 Å². The minimum Gasteiger partial charge on any atom is -0.492 e. The maximum atomic E-state index is 12.4. The second kappa shape index (κ2) is 8.62. The minimum absolute atomic E-state index is 0.00647. The van der Waals surface area contributed by atoms with Crippen molar-refractivity contribution in [2.45, 2.75) is 6.54 Å². The molecule has 3 rings (SSSR count). The van der Waals surface area contributed by atoms with Gasteiger partial charge in [0, 0.05) is 49.7 Å². The lowest BCUT2D eigenvalue weighted by molar-refractivity contribution is 0.0615. The van der Waals surface area contributed by atoms with E-state index in [0.717, 1.165) is 30.4 Å². The van der Waals surface area contributed by atoms with Gasteiger partial charge in [-0.15, -0.1) is 11.3 Å². The van der Waals surface area contributed by atoms with Gasteiger partial charge in [-0.3, -0.25) is 9.69 Å². The zero-order valence-corrected chi connectivity index (χ0v) is 15.4. The van der Waals surface area contributed by atoms with Gasteiger partial charge in [-0.25, -0.2) is 4.98 Å². The number of carbonyl (C=O) groups excluding carboxylic acids is 1. The highest BCUT2D eigenvalue weighted by molar-refractivity contribution is 7.09. The minimum atomic E-state index is -0.00647. The van der Waals surface area contributed by atoms with Crippen molar-refractivity contribution in [1.82, 2.24) is 14.8 Å². The predicted molar refractivity (Wildman–Crippen MR) is 99.3 cm³/mol. The molecule has 0 radical (unpaired) electrons. The summed E-state index contributed by atoms with van der Waals surface area (Å²) in [5, 5.41) is 3.28. The van der Waals surface area contributed by atoms with Gasteiger partial charge in [-0.2, -0.15) is 0 Å². The Balaban J connectivity index is 1.40. The van der Waals surface area contributed by atoms with Crippen LogP contribution in [-0.4, -0.2) is 60.0 Å². The van der Waals surface area contributed by atoms with E-state index in [-0.39, 0.29) is 5.91 Å². The number of piperazine rings is 1. The van der Waals surface area contributed by atoms with Crippen molar-refractivity contribution in [3.8, 4) is 5.75 Å².